The Bertz CT molecular complexity index is 1560. The van der Waals surface area contributed by atoms with Gasteiger partial charge in [0.15, 0.2) is 5.76 Å². The quantitative estimate of drug-likeness (QED) is 0.293. The van der Waals surface area contributed by atoms with E-state index in [1.165, 1.54) is 12.8 Å². The summed E-state index contributed by atoms with van der Waals surface area (Å²) < 4.78 is 5.56. The van der Waals surface area contributed by atoms with Crippen molar-refractivity contribution in [3.63, 3.8) is 0 Å². The van der Waals surface area contributed by atoms with E-state index in [1.807, 2.05) is 73.7 Å². The standard InChI is InChI=1S/C29H26N6O2/c1-19-17-26(33-29(30-19)35-15-5-6-16-35)31-22-10-12-23(13-11-22)32-28(36)21-9-14-25-24(18-21)27(37-34-25)20-7-3-2-4-8-20/h2-4,7-14,17-18H,5-6,15-16H2,1H3,(H,32,36)(H,30,31,33). The number of carbonyl (C=O) groups is 1. The van der Waals surface area contributed by atoms with Crippen LogP contribution in [-0.4, -0.2) is 34.1 Å². The van der Waals surface area contributed by atoms with Gasteiger partial charge in [0.05, 0.1) is 5.39 Å². The molecule has 1 saturated heterocycles. The van der Waals surface area contributed by atoms with Crippen molar-refractivity contribution in [3.8, 4) is 11.3 Å². The Kier molecular flexibility index (Phi) is 5.98. The van der Waals surface area contributed by atoms with Gasteiger partial charge in [0.25, 0.3) is 5.91 Å². The minimum atomic E-state index is -0.204. The van der Waals surface area contributed by atoms with Crippen LogP contribution in [0.2, 0.25) is 0 Å². The molecule has 8 nitrogen and oxygen atoms in total. The molecular weight excluding hydrogens is 464 g/mol. The van der Waals surface area contributed by atoms with E-state index < -0.39 is 0 Å². The van der Waals surface area contributed by atoms with Crippen molar-refractivity contribution in [1.29, 1.82) is 0 Å². The normalized spacial score (nSPS) is 13.2. The maximum absolute atomic E-state index is 13.0. The zero-order chi connectivity index (χ0) is 25.2. The third-order valence-corrected chi connectivity index (χ3v) is 6.42. The molecule has 0 atom stereocenters. The van der Waals surface area contributed by atoms with Gasteiger partial charge in [-0.2, -0.15) is 4.98 Å². The van der Waals surface area contributed by atoms with E-state index in [-0.39, 0.29) is 5.91 Å². The summed E-state index contributed by atoms with van der Waals surface area (Å²) in [5, 5.41) is 11.3. The van der Waals surface area contributed by atoms with Crippen LogP contribution in [0, 0.1) is 6.92 Å². The number of nitrogens with one attached hydrogen (secondary N) is 2. The van der Waals surface area contributed by atoms with Gasteiger partial charge in [0, 0.05) is 47.4 Å². The molecule has 1 fully saturated rings. The van der Waals surface area contributed by atoms with Gasteiger partial charge in [-0.3, -0.25) is 4.79 Å². The van der Waals surface area contributed by atoms with Crippen molar-refractivity contribution in [1.82, 2.24) is 15.1 Å². The van der Waals surface area contributed by atoms with E-state index in [2.05, 4.69) is 25.7 Å². The Balaban J connectivity index is 1.16. The zero-order valence-electron chi connectivity index (χ0n) is 20.4. The fraction of sp³-hybridized carbons (Fsp3) is 0.172. The molecular formula is C29H26N6O2. The second-order valence-electron chi connectivity index (χ2n) is 9.15. The van der Waals surface area contributed by atoms with Gasteiger partial charge in [0.1, 0.15) is 11.3 Å². The summed E-state index contributed by atoms with van der Waals surface area (Å²) in [7, 11) is 0. The molecule has 184 valence electrons. The molecule has 0 spiro atoms. The third-order valence-electron chi connectivity index (χ3n) is 6.42. The Morgan fingerprint density at radius 2 is 1.65 bits per heavy atom. The van der Waals surface area contributed by atoms with Gasteiger partial charge in [0.2, 0.25) is 5.95 Å². The van der Waals surface area contributed by atoms with Gasteiger partial charge in [-0.25, -0.2) is 4.98 Å². The van der Waals surface area contributed by atoms with Crippen LogP contribution < -0.4 is 15.5 Å². The second-order valence-corrected chi connectivity index (χ2v) is 9.15. The van der Waals surface area contributed by atoms with Crippen molar-refractivity contribution < 1.29 is 9.32 Å². The maximum Gasteiger partial charge on any atom is 0.255 e. The Hall–Kier alpha value is -4.72. The SMILES string of the molecule is Cc1cc(Nc2ccc(NC(=O)c3ccc4noc(-c5ccccc5)c4c3)cc2)nc(N2CCCC2)n1. The molecule has 37 heavy (non-hydrogen) atoms. The highest BCUT2D eigenvalue weighted by Gasteiger charge is 2.17. The first kappa shape index (κ1) is 22.7. The van der Waals surface area contributed by atoms with Crippen molar-refractivity contribution in [3.05, 3.63) is 90.1 Å². The molecule has 2 aromatic heterocycles. The van der Waals surface area contributed by atoms with Gasteiger partial charge in [-0.05, 0) is 62.2 Å². The molecule has 0 saturated carbocycles. The lowest BCUT2D eigenvalue weighted by molar-refractivity contribution is 0.102. The minimum absolute atomic E-state index is 0.204. The first-order valence-corrected chi connectivity index (χ1v) is 12.4. The van der Waals surface area contributed by atoms with Crippen LogP contribution in [0.4, 0.5) is 23.1 Å². The summed E-state index contributed by atoms with van der Waals surface area (Å²) >= 11 is 0. The second kappa shape index (κ2) is 9.73. The summed E-state index contributed by atoms with van der Waals surface area (Å²) in [4.78, 5) is 24.5. The number of benzene rings is 3. The van der Waals surface area contributed by atoms with Crippen molar-refractivity contribution in [2.45, 2.75) is 19.8 Å². The zero-order valence-corrected chi connectivity index (χ0v) is 20.4. The van der Waals surface area contributed by atoms with E-state index in [1.54, 1.807) is 12.1 Å². The number of fused-ring (bicyclic) bond motifs is 1. The number of nitrogens with zero attached hydrogens (tertiary/aromatic N) is 4. The molecule has 1 amide bonds. The average molecular weight is 491 g/mol. The predicted molar refractivity (Wildman–Crippen MR) is 145 cm³/mol. The summed E-state index contributed by atoms with van der Waals surface area (Å²) in [6.07, 6.45) is 2.35. The number of aromatic nitrogens is 3. The number of aryl methyl sites for hydroxylation is 1. The Morgan fingerprint density at radius 3 is 2.43 bits per heavy atom. The number of anilines is 4. The van der Waals surface area contributed by atoms with Crippen LogP contribution in [0.5, 0.6) is 0 Å². The first-order chi connectivity index (χ1) is 18.1. The monoisotopic (exact) mass is 490 g/mol. The molecule has 3 aromatic carbocycles. The number of hydrogen-bond acceptors (Lipinski definition) is 7. The molecule has 5 aromatic rings. The minimum Gasteiger partial charge on any atom is -0.355 e. The number of rotatable bonds is 6. The van der Waals surface area contributed by atoms with E-state index >= 15 is 0 Å². The lowest BCUT2D eigenvalue weighted by Gasteiger charge is -2.17. The van der Waals surface area contributed by atoms with Gasteiger partial charge >= 0.3 is 0 Å². The largest absolute Gasteiger partial charge is 0.355 e. The van der Waals surface area contributed by atoms with Gasteiger partial charge < -0.3 is 20.1 Å². The fourth-order valence-corrected chi connectivity index (χ4v) is 4.54. The van der Waals surface area contributed by atoms with Gasteiger partial charge in [-0.1, -0.05) is 35.5 Å². The smallest absolute Gasteiger partial charge is 0.255 e. The fourth-order valence-electron chi connectivity index (χ4n) is 4.54. The highest BCUT2D eigenvalue weighted by Crippen LogP contribution is 2.29. The van der Waals surface area contributed by atoms with Crippen molar-refractivity contribution in [2.24, 2.45) is 0 Å². The highest BCUT2D eigenvalue weighted by atomic mass is 16.5. The van der Waals surface area contributed by atoms with Crippen LogP contribution >= 0.6 is 0 Å². The van der Waals surface area contributed by atoms with Gasteiger partial charge in [-0.15, -0.1) is 0 Å². The summed E-state index contributed by atoms with van der Waals surface area (Å²) in [6, 6.07) is 24.6. The lowest BCUT2D eigenvalue weighted by Crippen LogP contribution is -2.21. The Morgan fingerprint density at radius 1 is 0.892 bits per heavy atom. The van der Waals surface area contributed by atoms with E-state index in [9.17, 15) is 4.79 Å². The number of carbonyl (C=O) groups excluding carboxylic acids is 1. The van der Waals surface area contributed by atoms with Crippen LogP contribution in [0.15, 0.2) is 83.4 Å². The molecule has 0 aliphatic carbocycles. The molecule has 6 rings (SSSR count). The van der Waals surface area contributed by atoms with Crippen LogP contribution in [-0.2, 0) is 0 Å². The van der Waals surface area contributed by atoms with E-state index in [0.717, 1.165) is 47.2 Å². The van der Waals surface area contributed by atoms with E-state index in [4.69, 9.17) is 9.51 Å². The molecule has 0 unspecified atom stereocenters. The molecule has 8 heteroatoms. The summed E-state index contributed by atoms with van der Waals surface area (Å²) in [5.74, 6) is 1.96. The predicted octanol–water partition coefficient (Wildman–Crippen LogP) is 6.19. The molecule has 1 aliphatic rings. The van der Waals surface area contributed by atoms with Crippen LogP contribution in [0.25, 0.3) is 22.2 Å². The first-order valence-electron chi connectivity index (χ1n) is 12.4. The summed E-state index contributed by atoms with van der Waals surface area (Å²) in [6.45, 7) is 3.97. The van der Waals surface area contributed by atoms with E-state index in [0.29, 0.717) is 22.5 Å². The molecule has 3 heterocycles. The van der Waals surface area contributed by atoms with Crippen molar-refractivity contribution in [2.75, 3.05) is 28.6 Å². The number of amides is 1. The maximum atomic E-state index is 13.0. The highest BCUT2D eigenvalue weighted by molar-refractivity contribution is 6.07. The topological polar surface area (TPSA) is 96.2 Å². The van der Waals surface area contributed by atoms with Crippen LogP contribution in [0.3, 0.4) is 0 Å². The third kappa shape index (κ3) is 4.86. The molecule has 1 aliphatic heterocycles. The lowest BCUT2D eigenvalue weighted by atomic mass is 10.1. The van der Waals surface area contributed by atoms with Crippen molar-refractivity contribution >= 4 is 40.0 Å². The molecule has 0 bridgehead atoms. The van der Waals surface area contributed by atoms with Crippen LogP contribution in [0.1, 0.15) is 28.9 Å². The summed E-state index contributed by atoms with van der Waals surface area (Å²) in [5.41, 5.74) is 4.64. The Labute approximate surface area is 214 Å². The number of hydrogen-bond donors (Lipinski definition) is 2. The average Bonchev–Trinajstić information content (AvgIpc) is 3.60. The molecule has 2 N–H and O–H groups in total. The molecule has 0 radical (unpaired) electrons.